The number of anilines is 1. The van der Waals surface area contributed by atoms with E-state index in [4.69, 9.17) is 9.15 Å². The van der Waals surface area contributed by atoms with E-state index in [9.17, 15) is 13.2 Å². The van der Waals surface area contributed by atoms with Gasteiger partial charge in [0.15, 0.2) is 0 Å². The molecule has 1 aromatic carbocycles. The summed E-state index contributed by atoms with van der Waals surface area (Å²) in [5, 5.41) is 2.82. The van der Waals surface area contributed by atoms with Crippen LogP contribution in [0.5, 0.6) is 0 Å². The number of methoxy groups -OCH3 is 1. The van der Waals surface area contributed by atoms with Crippen LogP contribution in [0.25, 0.3) is 0 Å². The van der Waals surface area contributed by atoms with E-state index in [0.717, 1.165) is 12.2 Å². The lowest BCUT2D eigenvalue weighted by Gasteiger charge is -2.13. The minimum atomic E-state index is -3.62. The zero-order valence-corrected chi connectivity index (χ0v) is 15.5. The van der Waals surface area contributed by atoms with E-state index in [-0.39, 0.29) is 35.3 Å². The molecular weight excluding hydrogens is 356 g/mol. The van der Waals surface area contributed by atoms with E-state index < -0.39 is 10.0 Å². The average Bonchev–Trinajstić information content (AvgIpc) is 3.21. The van der Waals surface area contributed by atoms with Crippen molar-refractivity contribution in [2.45, 2.75) is 30.2 Å². The van der Waals surface area contributed by atoms with Gasteiger partial charge in [-0.3, -0.25) is 4.79 Å². The molecule has 1 fully saturated rings. The molecule has 8 heteroatoms. The summed E-state index contributed by atoms with van der Waals surface area (Å²) >= 11 is 0. The maximum atomic E-state index is 12.3. The van der Waals surface area contributed by atoms with Gasteiger partial charge in [0.1, 0.15) is 5.76 Å². The molecule has 0 unspecified atom stereocenters. The molecule has 3 atom stereocenters. The van der Waals surface area contributed by atoms with Crippen LogP contribution in [0, 0.1) is 5.92 Å². The van der Waals surface area contributed by atoms with Crippen molar-refractivity contribution in [2.24, 2.45) is 5.92 Å². The third kappa shape index (κ3) is 4.32. The van der Waals surface area contributed by atoms with Gasteiger partial charge in [-0.2, -0.15) is 0 Å². The molecule has 0 aliphatic heterocycles. The van der Waals surface area contributed by atoms with E-state index in [0.29, 0.717) is 5.69 Å². The highest BCUT2D eigenvalue weighted by Crippen LogP contribution is 2.48. The van der Waals surface area contributed by atoms with Gasteiger partial charge in [-0.25, -0.2) is 13.1 Å². The maximum Gasteiger partial charge on any atom is 0.240 e. The minimum absolute atomic E-state index is 0.0890. The van der Waals surface area contributed by atoms with Crippen molar-refractivity contribution in [3.05, 3.63) is 48.4 Å². The molecule has 26 heavy (non-hydrogen) atoms. The minimum Gasteiger partial charge on any atom is -0.469 e. The Hall–Kier alpha value is -2.16. The number of benzene rings is 1. The molecule has 1 aliphatic rings. The summed E-state index contributed by atoms with van der Waals surface area (Å²) in [7, 11) is -2.11. The lowest BCUT2D eigenvalue weighted by atomic mass is 10.2. The third-order valence-electron chi connectivity index (χ3n) is 4.24. The van der Waals surface area contributed by atoms with Crippen LogP contribution in [0.1, 0.15) is 25.0 Å². The number of furan rings is 1. The number of ether oxygens (including phenoxy) is 1. The van der Waals surface area contributed by atoms with E-state index in [2.05, 4.69) is 10.0 Å². The van der Waals surface area contributed by atoms with Crippen molar-refractivity contribution in [1.82, 2.24) is 4.72 Å². The highest BCUT2D eigenvalue weighted by atomic mass is 32.2. The third-order valence-corrected chi connectivity index (χ3v) is 5.85. The van der Waals surface area contributed by atoms with E-state index in [1.165, 1.54) is 19.2 Å². The number of sulfonamides is 1. The fraction of sp³-hybridized carbons (Fsp3) is 0.389. The van der Waals surface area contributed by atoms with Gasteiger partial charge in [-0.1, -0.05) is 0 Å². The zero-order chi connectivity index (χ0) is 18.7. The average molecular weight is 378 g/mol. The molecule has 1 amide bonds. The highest BCUT2D eigenvalue weighted by molar-refractivity contribution is 7.89. The van der Waals surface area contributed by atoms with Crippen LogP contribution in [-0.2, 0) is 19.6 Å². The molecule has 1 heterocycles. The van der Waals surface area contributed by atoms with Crippen molar-refractivity contribution < 1.29 is 22.4 Å². The van der Waals surface area contributed by atoms with Gasteiger partial charge in [-0.05, 0) is 49.7 Å². The summed E-state index contributed by atoms with van der Waals surface area (Å²) in [5.74, 6) is 0.744. The van der Waals surface area contributed by atoms with Crippen molar-refractivity contribution >= 4 is 21.6 Å². The van der Waals surface area contributed by atoms with Crippen molar-refractivity contribution in [3.8, 4) is 0 Å². The second-order valence-corrected chi connectivity index (χ2v) is 8.17. The van der Waals surface area contributed by atoms with Crippen LogP contribution >= 0.6 is 0 Å². The van der Waals surface area contributed by atoms with E-state index in [1.54, 1.807) is 25.3 Å². The normalized spacial score (nSPS) is 20.5. The summed E-state index contributed by atoms with van der Waals surface area (Å²) in [6.07, 6.45) is 2.36. The molecule has 0 spiro atoms. The van der Waals surface area contributed by atoms with E-state index in [1.807, 2.05) is 12.1 Å². The van der Waals surface area contributed by atoms with Crippen LogP contribution in [0.4, 0.5) is 5.69 Å². The van der Waals surface area contributed by atoms with Gasteiger partial charge < -0.3 is 14.5 Å². The second-order valence-electron chi connectivity index (χ2n) is 6.46. The molecule has 2 N–H and O–H groups in total. The maximum absolute atomic E-state index is 12.3. The first-order chi connectivity index (χ1) is 12.4. The van der Waals surface area contributed by atoms with Gasteiger partial charge >= 0.3 is 0 Å². The number of hydrogen-bond donors (Lipinski definition) is 2. The first-order valence-corrected chi connectivity index (χ1v) is 9.84. The van der Waals surface area contributed by atoms with E-state index >= 15 is 0 Å². The number of hydrogen-bond acceptors (Lipinski definition) is 5. The van der Waals surface area contributed by atoms with Gasteiger partial charge in [0.05, 0.1) is 17.8 Å². The van der Waals surface area contributed by atoms with Gasteiger partial charge in [0, 0.05) is 30.7 Å². The number of rotatable bonds is 8. The standard InChI is InChI=1S/C18H22N2O5S/c1-12(11-24-2)20-26(22,23)14-7-5-13(6-8-14)19-18(21)16-10-15(16)17-4-3-9-25-17/h3-9,12,15-16,20H,10-11H2,1-2H3,(H,19,21)/t12-,15-,16+/m0/s1. The number of carbonyl (C=O) groups is 1. The predicted molar refractivity (Wildman–Crippen MR) is 96.3 cm³/mol. The Balaban J connectivity index is 1.59. The number of amides is 1. The van der Waals surface area contributed by atoms with Gasteiger partial charge in [0.25, 0.3) is 0 Å². The van der Waals surface area contributed by atoms with Crippen molar-refractivity contribution in [2.75, 3.05) is 19.0 Å². The van der Waals surface area contributed by atoms with Crippen molar-refractivity contribution in [1.29, 1.82) is 0 Å². The van der Waals surface area contributed by atoms with Crippen LogP contribution in [0.2, 0.25) is 0 Å². The smallest absolute Gasteiger partial charge is 0.240 e. The van der Waals surface area contributed by atoms with Crippen LogP contribution in [0.3, 0.4) is 0 Å². The van der Waals surface area contributed by atoms with Crippen LogP contribution in [-0.4, -0.2) is 34.1 Å². The molecule has 2 aromatic rings. The number of carbonyl (C=O) groups excluding carboxylic acids is 1. The summed E-state index contributed by atoms with van der Waals surface area (Å²) in [4.78, 5) is 12.4. The zero-order valence-electron chi connectivity index (χ0n) is 14.6. The van der Waals surface area contributed by atoms with Crippen LogP contribution < -0.4 is 10.0 Å². The molecule has 1 aliphatic carbocycles. The van der Waals surface area contributed by atoms with Crippen molar-refractivity contribution in [3.63, 3.8) is 0 Å². The molecule has 0 saturated heterocycles. The monoisotopic (exact) mass is 378 g/mol. The Morgan fingerprint density at radius 3 is 2.65 bits per heavy atom. The first-order valence-electron chi connectivity index (χ1n) is 8.36. The molecule has 140 valence electrons. The second kappa shape index (κ2) is 7.61. The SMILES string of the molecule is COC[C@H](C)NS(=O)(=O)c1ccc(NC(=O)[C@@H]2C[C@@H]2c2ccco2)cc1. The molecular formula is C18H22N2O5S. The highest BCUT2D eigenvalue weighted by Gasteiger charge is 2.45. The predicted octanol–water partition coefficient (Wildman–Crippen LogP) is 2.33. The lowest BCUT2D eigenvalue weighted by molar-refractivity contribution is -0.117. The Morgan fingerprint density at radius 2 is 2.04 bits per heavy atom. The topological polar surface area (TPSA) is 97.6 Å². The quantitative estimate of drug-likeness (QED) is 0.735. The van der Waals surface area contributed by atoms with Gasteiger partial charge in [0.2, 0.25) is 15.9 Å². The molecule has 1 saturated carbocycles. The fourth-order valence-electron chi connectivity index (χ4n) is 2.87. The molecule has 0 bridgehead atoms. The first kappa shape index (κ1) is 18.6. The Kier molecular flexibility index (Phi) is 5.45. The molecule has 0 radical (unpaired) electrons. The Morgan fingerprint density at radius 1 is 1.31 bits per heavy atom. The molecule has 1 aromatic heterocycles. The fourth-order valence-corrected chi connectivity index (χ4v) is 4.10. The summed E-state index contributed by atoms with van der Waals surface area (Å²) in [6.45, 7) is 2.01. The number of nitrogens with one attached hydrogen (secondary N) is 2. The lowest BCUT2D eigenvalue weighted by Crippen LogP contribution is -2.35. The summed E-state index contributed by atoms with van der Waals surface area (Å²) < 4.78 is 37.3. The molecule has 3 rings (SSSR count). The Bertz CT molecular complexity index is 846. The summed E-state index contributed by atoms with van der Waals surface area (Å²) in [5.41, 5.74) is 0.559. The largest absolute Gasteiger partial charge is 0.469 e. The van der Waals surface area contributed by atoms with Crippen LogP contribution in [0.15, 0.2) is 52.0 Å². The molecule has 7 nitrogen and oxygen atoms in total. The van der Waals surface area contributed by atoms with Gasteiger partial charge in [-0.15, -0.1) is 0 Å². The Labute approximate surface area is 152 Å². The summed E-state index contributed by atoms with van der Waals surface area (Å²) in [6, 6.07) is 9.44.